The summed E-state index contributed by atoms with van der Waals surface area (Å²) in [5, 5.41) is 3.52. The van der Waals surface area contributed by atoms with Crippen LogP contribution in [0.5, 0.6) is 0 Å². The summed E-state index contributed by atoms with van der Waals surface area (Å²) in [4.78, 5) is 20.1. The van der Waals surface area contributed by atoms with Crippen molar-refractivity contribution in [1.82, 2.24) is 4.98 Å². The minimum atomic E-state index is -0.141. The van der Waals surface area contributed by atoms with Gasteiger partial charge in [-0.1, -0.05) is 17.4 Å². The van der Waals surface area contributed by atoms with Crippen molar-refractivity contribution >= 4 is 50.0 Å². The van der Waals surface area contributed by atoms with Crippen LogP contribution >= 0.6 is 23.1 Å². The number of nitrogens with one attached hydrogen (secondary N) is 1. The Bertz CT molecular complexity index is 858. The highest BCUT2D eigenvalue weighted by Crippen LogP contribution is 2.29. The number of thioether (sulfide) groups is 1. The lowest BCUT2D eigenvalue weighted by Crippen LogP contribution is -2.14. The molecule has 118 valence electrons. The number of amides is 1. The molecule has 1 amide bonds. The van der Waals surface area contributed by atoms with Gasteiger partial charge in [-0.15, -0.1) is 11.8 Å². The Kier molecular flexibility index (Phi) is 4.54. The van der Waals surface area contributed by atoms with Crippen molar-refractivity contribution in [2.75, 3.05) is 30.6 Å². The van der Waals surface area contributed by atoms with Gasteiger partial charge in [0.15, 0.2) is 5.13 Å². The second-order valence-corrected chi connectivity index (χ2v) is 7.16. The number of carbonyl (C=O) groups is 1. The number of hydrogen-bond acceptors (Lipinski definition) is 5. The maximum atomic E-state index is 12.4. The molecule has 0 aliphatic carbocycles. The van der Waals surface area contributed by atoms with Crippen molar-refractivity contribution in [3.8, 4) is 0 Å². The normalized spacial score (nSPS) is 10.7. The van der Waals surface area contributed by atoms with E-state index in [1.165, 1.54) is 16.2 Å². The molecule has 0 atom stereocenters. The summed E-state index contributed by atoms with van der Waals surface area (Å²) < 4.78 is 1.08. The van der Waals surface area contributed by atoms with Crippen LogP contribution in [0, 0.1) is 0 Å². The maximum Gasteiger partial charge on any atom is 0.257 e. The summed E-state index contributed by atoms with van der Waals surface area (Å²) in [6.45, 7) is 0. The van der Waals surface area contributed by atoms with E-state index in [9.17, 15) is 4.79 Å². The summed E-state index contributed by atoms with van der Waals surface area (Å²) in [7, 11) is 3.90. The van der Waals surface area contributed by atoms with Crippen LogP contribution in [0.25, 0.3) is 10.2 Å². The predicted octanol–water partition coefficient (Wildman–Crippen LogP) is 4.34. The average molecular weight is 343 g/mol. The van der Waals surface area contributed by atoms with Crippen LogP contribution in [0.4, 0.5) is 10.8 Å². The fraction of sp³-hybridized carbons (Fsp3) is 0.176. The Morgan fingerprint density at radius 1 is 1.22 bits per heavy atom. The Labute approximate surface area is 143 Å². The van der Waals surface area contributed by atoms with Crippen LogP contribution < -0.4 is 10.2 Å². The molecule has 0 aliphatic heterocycles. The average Bonchev–Trinajstić information content (AvgIpc) is 2.95. The number of benzene rings is 2. The Morgan fingerprint density at radius 2 is 2.04 bits per heavy atom. The van der Waals surface area contributed by atoms with E-state index < -0.39 is 0 Å². The van der Waals surface area contributed by atoms with Gasteiger partial charge >= 0.3 is 0 Å². The first-order chi connectivity index (χ1) is 11.1. The first-order valence-electron chi connectivity index (χ1n) is 7.10. The highest BCUT2D eigenvalue weighted by molar-refractivity contribution is 7.98. The molecule has 1 aromatic heterocycles. The fourth-order valence-corrected chi connectivity index (χ4v) is 3.59. The van der Waals surface area contributed by atoms with E-state index in [1.807, 2.05) is 61.6 Å². The van der Waals surface area contributed by atoms with E-state index >= 15 is 0 Å². The topological polar surface area (TPSA) is 45.2 Å². The summed E-state index contributed by atoms with van der Waals surface area (Å²) in [6, 6.07) is 13.7. The van der Waals surface area contributed by atoms with E-state index in [0.717, 1.165) is 15.9 Å². The third-order valence-electron chi connectivity index (χ3n) is 3.44. The molecule has 0 radical (unpaired) electrons. The van der Waals surface area contributed by atoms with Crippen LogP contribution in [0.1, 0.15) is 10.4 Å². The largest absolute Gasteiger partial charge is 0.378 e. The number of fused-ring (bicyclic) bond motifs is 1. The second-order valence-electron chi connectivity index (χ2n) is 5.25. The zero-order chi connectivity index (χ0) is 16.4. The fourth-order valence-electron chi connectivity index (χ4n) is 2.18. The van der Waals surface area contributed by atoms with Gasteiger partial charge in [0.2, 0.25) is 0 Å². The van der Waals surface area contributed by atoms with Gasteiger partial charge in [0.05, 0.1) is 10.2 Å². The van der Waals surface area contributed by atoms with Crippen LogP contribution in [-0.2, 0) is 0 Å². The van der Waals surface area contributed by atoms with Gasteiger partial charge in [0.25, 0.3) is 5.91 Å². The molecule has 0 aliphatic rings. The van der Waals surface area contributed by atoms with Crippen LogP contribution in [0.15, 0.2) is 47.4 Å². The molecular weight excluding hydrogens is 326 g/mol. The summed E-state index contributed by atoms with van der Waals surface area (Å²) in [6.07, 6.45) is 2.04. The summed E-state index contributed by atoms with van der Waals surface area (Å²) >= 11 is 3.19. The van der Waals surface area contributed by atoms with Gasteiger partial charge in [0, 0.05) is 30.2 Å². The lowest BCUT2D eigenvalue weighted by Gasteiger charge is -2.13. The molecule has 6 heteroatoms. The van der Waals surface area contributed by atoms with Crippen molar-refractivity contribution in [2.45, 2.75) is 4.90 Å². The number of nitrogens with zero attached hydrogens (tertiary/aromatic N) is 2. The standard InChI is InChI=1S/C17H17N3OS2/c1-20(2)12-6-4-5-11(9-12)16(21)19-17-18-14-8-7-13(22-3)10-15(14)23-17/h4-10H,1-3H3,(H,18,19,21). The van der Waals surface area contributed by atoms with Crippen molar-refractivity contribution in [3.05, 3.63) is 48.0 Å². The molecule has 1 N–H and O–H groups in total. The minimum absolute atomic E-state index is 0.141. The molecule has 1 heterocycles. The lowest BCUT2D eigenvalue weighted by atomic mass is 10.2. The predicted molar refractivity (Wildman–Crippen MR) is 100 cm³/mol. The SMILES string of the molecule is CSc1ccc2nc(NC(=O)c3cccc(N(C)C)c3)sc2c1. The first kappa shape index (κ1) is 15.8. The van der Waals surface area contributed by atoms with E-state index in [1.54, 1.807) is 11.8 Å². The molecule has 4 nitrogen and oxygen atoms in total. The number of hydrogen-bond donors (Lipinski definition) is 1. The molecule has 3 rings (SSSR count). The number of aromatic nitrogens is 1. The molecule has 0 saturated carbocycles. The highest BCUT2D eigenvalue weighted by atomic mass is 32.2. The van der Waals surface area contributed by atoms with Crippen LogP contribution in [-0.4, -0.2) is 31.2 Å². The number of anilines is 2. The zero-order valence-electron chi connectivity index (χ0n) is 13.2. The minimum Gasteiger partial charge on any atom is -0.378 e. The quantitative estimate of drug-likeness (QED) is 0.716. The molecule has 0 bridgehead atoms. The second kappa shape index (κ2) is 6.60. The Balaban J connectivity index is 1.83. The number of thiazole rings is 1. The van der Waals surface area contributed by atoms with Crippen LogP contribution in [0.2, 0.25) is 0 Å². The molecule has 2 aromatic carbocycles. The molecule has 0 spiro atoms. The Morgan fingerprint density at radius 3 is 2.78 bits per heavy atom. The van der Waals surface area contributed by atoms with E-state index in [-0.39, 0.29) is 5.91 Å². The number of carbonyl (C=O) groups excluding carboxylic acids is 1. The monoisotopic (exact) mass is 343 g/mol. The van der Waals surface area contributed by atoms with Gasteiger partial charge in [-0.25, -0.2) is 4.98 Å². The molecule has 3 aromatic rings. The van der Waals surface area contributed by atoms with Gasteiger partial charge in [-0.3, -0.25) is 10.1 Å². The maximum absolute atomic E-state index is 12.4. The first-order valence-corrected chi connectivity index (χ1v) is 9.14. The summed E-state index contributed by atoms with van der Waals surface area (Å²) in [5.41, 5.74) is 2.52. The zero-order valence-corrected chi connectivity index (χ0v) is 14.8. The van der Waals surface area contributed by atoms with Gasteiger partial charge in [-0.05, 0) is 42.7 Å². The van der Waals surface area contributed by atoms with Crippen molar-refractivity contribution in [3.63, 3.8) is 0 Å². The van der Waals surface area contributed by atoms with Crippen molar-refractivity contribution < 1.29 is 4.79 Å². The third-order valence-corrected chi connectivity index (χ3v) is 5.10. The van der Waals surface area contributed by atoms with E-state index in [2.05, 4.69) is 16.4 Å². The van der Waals surface area contributed by atoms with Gasteiger partial charge in [0.1, 0.15) is 0 Å². The summed E-state index contributed by atoms with van der Waals surface area (Å²) in [5.74, 6) is -0.141. The molecule has 0 unspecified atom stereocenters. The molecule has 23 heavy (non-hydrogen) atoms. The molecule has 0 fully saturated rings. The third kappa shape index (κ3) is 3.48. The lowest BCUT2D eigenvalue weighted by molar-refractivity contribution is 0.102. The Hall–Kier alpha value is -2.05. The van der Waals surface area contributed by atoms with Crippen molar-refractivity contribution in [2.24, 2.45) is 0 Å². The van der Waals surface area contributed by atoms with Gasteiger partial charge in [-0.2, -0.15) is 0 Å². The number of rotatable bonds is 4. The van der Waals surface area contributed by atoms with Gasteiger partial charge < -0.3 is 4.90 Å². The molecular formula is C17H17N3OS2. The van der Waals surface area contributed by atoms with E-state index in [4.69, 9.17) is 0 Å². The highest BCUT2D eigenvalue weighted by Gasteiger charge is 2.11. The smallest absolute Gasteiger partial charge is 0.257 e. The molecule has 0 saturated heterocycles. The van der Waals surface area contributed by atoms with Crippen molar-refractivity contribution in [1.29, 1.82) is 0 Å². The van der Waals surface area contributed by atoms with E-state index in [0.29, 0.717) is 10.7 Å². The van der Waals surface area contributed by atoms with Crippen LogP contribution in [0.3, 0.4) is 0 Å².